The quantitative estimate of drug-likeness (QED) is 0.348. The fraction of sp³-hybridized carbons (Fsp3) is 0.0455. The molecule has 29 heavy (non-hydrogen) atoms. The molecule has 0 radical (unpaired) electrons. The molecule has 0 atom stereocenters. The largest absolute Gasteiger partial charge is 0.507 e. The van der Waals surface area contributed by atoms with Gasteiger partial charge in [0.15, 0.2) is 0 Å². The molecule has 1 heterocycles. The summed E-state index contributed by atoms with van der Waals surface area (Å²) in [5.41, 5.74) is 3.61. The van der Waals surface area contributed by atoms with E-state index in [4.69, 9.17) is 39.5 Å². The van der Waals surface area contributed by atoms with Crippen molar-refractivity contribution in [1.29, 1.82) is 0 Å². The Morgan fingerprint density at radius 1 is 0.862 bits per heavy atom. The summed E-state index contributed by atoms with van der Waals surface area (Å²) in [6.45, 7) is 0.300. The van der Waals surface area contributed by atoms with E-state index in [9.17, 15) is 5.11 Å². The summed E-state index contributed by atoms with van der Waals surface area (Å²) in [5, 5.41) is 19.3. The smallest absolute Gasteiger partial charge is 0.128 e. The van der Waals surface area contributed by atoms with Gasteiger partial charge < -0.3 is 9.84 Å². The van der Waals surface area contributed by atoms with E-state index in [-0.39, 0.29) is 5.75 Å². The zero-order chi connectivity index (χ0) is 20.4. The topological polar surface area (TPSA) is 58.1 Å². The second-order valence-corrected chi connectivity index (χ2v) is 7.59. The summed E-state index contributed by atoms with van der Waals surface area (Å²) in [4.78, 5) is 0. The van der Waals surface area contributed by atoms with Crippen LogP contribution in [0.4, 0.5) is 0 Å². The summed E-state index contributed by atoms with van der Waals surface area (Å²) < 4.78 is 5.77. The van der Waals surface area contributed by atoms with Crippen LogP contribution in [-0.4, -0.2) is 15.3 Å². The zero-order valence-electron chi connectivity index (χ0n) is 15.0. The minimum absolute atomic E-state index is 0.0530. The molecule has 146 valence electrons. The summed E-state index contributed by atoms with van der Waals surface area (Å²) in [7, 11) is 0. The fourth-order valence-electron chi connectivity index (χ4n) is 2.99. The minimum Gasteiger partial charge on any atom is -0.507 e. The van der Waals surface area contributed by atoms with Gasteiger partial charge in [0.1, 0.15) is 18.1 Å². The van der Waals surface area contributed by atoms with Gasteiger partial charge in [0.2, 0.25) is 0 Å². The third-order valence-corrected chi connectivity index (χ3v) is 5.37. The van der Waals surface area contributed by atoms with Gasteiger partial charge in [0, 0.05) is 38.4 Å². The Hall–Kier alpha value is -2.66. The van der Waals surface area contributed by atoms with Crippen LogP contribution in [0, 0.1) is 0 Å². The second-order valence-electron chi connectivity index (χ2n) is 6.34. The standard InChI is InChI=1S/C22H15Cl3N2O2/c23-14-5-7-16(20(25)9-14)18-11-26-27-22(18)17-8-6-15(10-21(17)28)29-12-13-3-1-2-4-19(13)24/h1-11,28H,12H2,(H,26,27). The molecule has 3 aromatic carbocycles. The van der Waals surface area contributed by atoms with Crippen molar-refractivity contribution < 1.29 is 9.84 Å². The van der Waals surface area contributed by atoms with Gasteiger partial charge in [-0.05, 0) is 30.3 Å². The van der Waals surface area contributed by atoms with Crippen molar-refractivity contribution in [3.05, 3.63) is 87.5 Å². The number of ether oxygens (including phenoxy) is 1. The van der Waals surface area contributed by atoms with Crippen LogP contribution in [0.15, 0.2) is 66.9 Å². The molecule has 0 unspecified atom stereocenters. The Bertz CT molecular complexity index is 1170. The number of aromatic nitrogens is 2. The van der Waals surface area contributed by atoms with Gasteiger partial charge in [0.05, 0.1) is 16.9 Å². The van der Waals surface area contributed by atoms with Gasteiger partial charge in [-0.2, -0.15) is 5.10 Å². The molecule has 0 spiro atoms. The minimum atomic E-state index is 0.0530. The van der Waals surface area contributed by atoms with Gasteiger partial charge >= 0.3 is 0 Å². The average Bonchev–Trinajstić information content (AvgIpc) is 3.16. The van der Waals surface area contributed by atoms with E-state index in [1.807, 2.05) is 30.3 Å². The first kappa shape index (κ1) is 19.6. The highest BCUT2D eigenvalue weighted by atomic mass is 35.5. The van der Waals surface area contributed by atoms with Crippen molar-refractivity contribution in [1.82, 2.24) is 10.2 Å². The summed E-state index contributed by atoms with van der Waals surface area (Å²) >= 11 is 18.5. The van der Waals surface area contributed by atoms with Gasteiger partial charge in [-0.1, -0.05) is 59.1 Å². The molecule has 0 bridgehead atoms. The van der Waals surface area contributed by atoms with E-state index in [1.165, 1.54) is 0 Å². The van der Waals surface area contributed by atoms with Gasteiger partial charge in [-0.15, -0.1) is 0 Å². The monoisotopic (exact) mass is 444 g/mol. The Kier molecular flexibility index (Phi) is 5.67. The molecule has 4 rings (SSSR count). The molecule has 0 aliphatic carbocycles. The third-order valence-electron chi connectivity index (χ3n) is 4.45. The van der Waals surface area contributed by atoms with Crippen LogP contribution >= 0.6 is 34.8 Å². The molecule has 0 amide bonds. The summed E-state index contributed by atoms with van der Waals surface area (Å²) in [6.07, 6.45) is 1.66. The number of rotatable bonds is 5. The number of aromatic amines is 1. The Morgan fingerprint density at radius 3 is 2.41 bits per heavy atom. The molecule has 4 nitrogen and oxygen atoms in total. The highest BCUT2D eigenvalue weighted by Gasteiger charge is 2.16. The van der Waals surface area contributed by atoms with Gasteiger partial charge in [-0.3, -0.25) is 5.10 Å². The lowest BCUT2D eigenvalue weighted by atomic mass is 10.0. The summed E-state index contributed by atoms with van der Waals surface area (Å²) in [6, 6.07) is 17.8. The maximum Gasteiger partial charge on any atom is 0.128 e. The number of hydrogen-bond donors (Lipinski definition) is 2. The number of nitrogens with zero attached hydrogens (tertiary/aromatic N) is 1. The molecule has 4 aromatic rings. The normalized spacial score (nSPS) is 10.9. The van der Waals surface area contributed by atoms with Crippen LogP contribution in [0.1, 0.15) is 5.56 Å². The number of benzene rings is 3. The second kappa shape index (κ2) is 8.37. The lowest BCUT2D eigenvalue weighted by Crippen LogP contribution is -1.96. The Morgan fingerprint density at radius 2 is 1.66 bits per heavy atom. The van der Waals surface area contributed by atoms with Crippen molar-refractivity contribution in [3.63, 3.8) is 0 Å². The third kappa shape index (κ3) is 4.20. The molecule has 0 saturated carbocycles. The van der Waals surface area contributed by atoms with Crippen molar-refractivity contribution in [2.24, 2.45) is 0 Å². The van der Waals surface area contributed by atoms with Crippen molar-refractivity contribution in [2.75, 3.05) is 0 Å². The zero-order valence-corrected chi connectivity index (χ0v) is 17.3. The van der Waals surface area contributed by atoms with Crippen LogP contribution in [0.2, 0.25) is 15.1 Å². The number of phenolic OH excluding ortho intramolecular Hbond substituents is 1. The maximum atomic E-state index is 10.6. The predicted octanol–water partition coefficient (Wildman–Crippen LogP) is 6.99. The van der Waals surface area contributed by atoms with Crippen LogP contribution in [0.25, 0.3) is 22.4 Å². The van der Waals surface area contributed by atoms with Gasteiger partial charge in [-0.25, -0.2) is 0 Å². The molecule has 1 aromatic heterocycles. The maximum absolute atomic E-state index is 10.6. The van der Waals surface area contributed by atoms with E-state index in [1.54, 1.807) is 36.5 Å². The van der Waals surface area contributed by atoms with Crippen LogP contribution in [0.5, 0.6) is 11.5 Å². The van der Waals surface area contributed by atoms with Crippen molar-refractivity contribution in [2.45, 2.75) is 6.61 Å². The number of nitrogens with one attached hydrogen (secondary N) is 1. The van der Waals surface area contributed by atoms with E-state index >= 15 is 0 Å². The predicted molar refractivity (Wildman–Crippen MR) is 117 cm³/mol. The highest BCUT2D eigenvalue weighted by molar-refractivity contribution is 6.36. The molecule has 0 aliphatic rings. The first-order valence-electron chi connectivity index (χ1n) is 8.71. The first-order chi connectivity index (χ1) is 14.0. The SMILES string of the molecule is Oc1cc(OCc2ccccc2Cl)ccc1-c1[nH]ncc1-c1ccc(Cl)cc1Cl. The molecular weight excluding hydrogens is 431 g/mol. The van der Waals surface area contributed by atoms with E-state index < -0.39 is 0 Å². The van der Waals surface area contributed by atoms with Crippen LogP contribution in [0.3, 0.4) is 0 Å². The van der Waals surface area contributed by atoms with E-state index in [0.717, 1.165) is 16.7 Å². The van der Waals surface area contributed by atoms with Crippen molar-refractivity contribution >= 4 is 34.8 Å². The number of hydrogen-bond acceptors (Lipinski definition) is 3. The molecule has 0 aliphatic heterocycles. The number of halogens is 3. The lowest BCUT2D eigenvalue weighted by molar-refractivity contribution is 0.304. The molecule has 2 N–H and O–H groups in total. The van der Waals surface area contributed by atoms with E-state index in [2.05, 4.69) is 10.2 Å². The average molecular weight is 446 g/mol. The number of phenols is 1. The fourth-order valence-corrected chi connectivity index (χ4v) is 3.69. The molecule has 0 fully saturated rings. The summed E-state index contributed by atoms with van der Waals surface area (Å²) in [5.74, 6) is 0.578. The molecule has 7 heteroatoms. The Balaban J connectivity index is 1.61. The van der Waals surface area contributed by atoms with Crippen molar-refractivity contribution in [3.8, 4) is 33.9 Å². The van der Waals surface area contributed by atoms with Crippen LogP contribution < -0.4 is 4.74 Å². The highest BCUT2D eigenvalue weighted by Crippen LogP contribution is 2.40. The van der Waals surface area contributed by atoms with E-state index in [0.29, 0.717) is 38.7 Å². The Labute approximate surface area is 182 Å². The molecule has 0 saturated heterocycles. The molecular formula is C22H15Cl3N2O2. The number of aromatic hydroxyl groups is 1. The number of H-pyrrole nitrogens is 1. The lowest BCUT2D eigenvalue weighted by Gasteiger charge is -2.11. The van der Waals surface area contributed by atoms with Gasteiger partial charge in [0.25, 0.3) is 0 Å². The van der Waals surface area contributed by atoms with Crippen LogP contribution in [-0.2, 0) is 6.61 Å². The first-order valence-corrected chi connectivity index (χ1v) is 9.84.